The minimum Gasteiger partial charge on any atom is -0.507 e. The Balaban J connectivity index is 2.40. The van der Waals surface area contributed by atoms with E-state index in [9.17, 15) is 18.3 Å². The van der Waals surface area contributed by atoms with E-state index in [1.807, 2.05) is 0 Å². The van der Waals surface area contributed by atoms with Gasteiger partial charge in [0.25, 0.3) is 0 Å². The highest BCUT2D eigenvalue weighted by Crippen LogP contribution is 2.33. The Labute approximate surface area is 118 Å². The topological polar surface area (TPSA) is 83.9 Å². The third-order valence-corrected chi connectivity index (χ3v) is 4.36. The fraction of sp³-hybridized carbons (Fsp3) is 0.462. The van der Waals surface area contributed by atoms with Crippen molar-refractivity contribution in [2.24, 2.45) is 5.92 Å². The van der Waals surface area contributed by atoms with E-state index in [1.165, 1.54) is 29.6 Å². The molecule has 0 aliphatic heterocycles. The number of esters is 1. The molecule has 110 valence electrons. The number of phenols is 1. The lowest BCUT2D eigenvalue weighted by Gasteiger charge is -2.22. The molecule has 0 heterocycles. The number of rotatable bonds is 5. The first kappa shape index (κ1) is 14.6. The molecule has 1 fully saturated rings. The van der Waals surface area contributed by atoms with Gasteiger partial charge in [-0.25, -0.2) is 13.2 Å². The van der Waals surface area contributed by atoms with Crippen molar-refractivity contribution in [2.45, 2.75) is 12.8 Å². The average Bonchev–Trinajstić information content (AvgIpc) is 3.18. The zero-order chi connectivity index (χ0) is 14.9. The maximum atomic E-state index is 11.9. The van der Waals surface area contributed by atoms with Crippen molar-refractivity contribution >= 4 is 21.7 Å². The van der Waals surface area contributed by atoms with Crippen LogP contribution in [0.3, 0.4) is 0 Å². The average molecular weight is 299 g/mol. The van der Waals surface area contributed by atoms with Gasteiger partial charge in [0, 0.05) is 6.54 Å². The lowest BCUT2D eigenvalue weighted by Crippen LogP contribution is -2.32. The molecule has 0 saturated heterocycles. The van der Waals surface area contributed by atoms with E-state index in [0.29, 0.717) is 18.2 Å². The highest BCUT2D eigenvalue weighted by molar-refractivity contribution is 7.92. The predicted octanol–water partition coefficient (Wildman–Crippen LogP) is 1.35. The van der Waals surface area contributed by atoms with Gasteiger partial charge in [-0.05, 0) is 37.0 Å². The van der Waals surface area contributed by atoms with Crippen LogP contribution in [0, 0.1) is 5.92 Å². The number of hydrogen-bond acceptors (Lipinski definition) is 5. The first-order valence-corrected chi connectivity index (χ1v) is 8.07. The van der Waals surface area contributed by atoms with Crippen LogP contribution in [0.4, 0.5) is 5.69 Å². The molecule has 1 aromatic carbocycles. The van der Waals surface area contributed by atoms with Crippen molar-refractivity contribution in [2.75, 3.05) is 24.2 Å². The van der Waals surface area contributed by atoms with Gasteiger partial charge in [0.05, 0.1) is 19.1 Å². The molecule has 0 atom stereocenters. The van der Waals surface area contributed by atoms with Gasteiger partial charge in [-0.15, -0.1) is 0 Å². The second-order valence-corrected chi connectivity index (χ2v) is 6.84. The zero-order valence-electron chi connectivity index (χ0n) is 11.4. The highest BCUT2D eigenvalue weighted by atomic mass is 32.2. The molecule has 0 bridgehead atoms. The Hall–Kier alpha value is -1.76. The molecule has 0 radical (unpaired) electrons. The maximum Gasteiger partial charge on any atom is 0.341 e. The molecule has 2 rings (SSSR count). The van der Waals surface area contributed by atoms with Gasteiger partial charge >= 0.3 is 5.97 Å². The fourth-order valence-corrected chi connectivity index (χ4v) is 2.90. The van der Waals surface area contributed by atoms with Crippen LogP contribution in [0.25, 0.3) is 0 Å². The Morgan fingerprint density at radius 1 is 1.45 bits per heavy atom. The van der Waals surface area contributed by atoms with E-state index in [1.54, 1.807) is 0 Å². The summed E-state index contributed by atoms with van der Waals surface area (Å²) in [7, 11) is -2.23. The van der Waals surface area contributed by atoms with Crippen LogP contribution < -0.4 is 4.31 Å². The molecule has 1 aliphatic rings. The van der Waals surface area contributed by atoms with Gasteiger partial charge in [0.15, 0.2) is 0 Å². The number of aromatic hydroxyl groups is 1. The minimum absolute atomic E-state index is 0.0468. The largest absolute Gasteiger partial charge is 0.507 e. The standard InChI is InChI=1S/C13H17NO5S/c1-19-13(16)11-7-10(5-6-12(11)15)14(20(2,17)18)8-9-3-4-9/h5-7,9,15H,3-4,8H2,1-2H3. The van der Waals surface area contributed by atoms with Crippen molar-refractivity contribution in [3.05, 3.63) is 23.8 Å². The number of carbonyl (C=O) groups excluding carboxylic acids is 1. The van der Waals surface area contributed by atoms with Gasteiger partial charge in [-0.2, -0.15) is 0 Å². The molecule has 1 aromatic rings. The smallest absolute Gasteiger partial charge is 0.341 e. The summed E-state index contributed by atoms with van der Waals surface area (Å²) in [5.74, 6) is -0.579. The SMILES string of the molecule is COC(=O)c1cc(N(CC2CC2)S(C)(=O)=O)ccc1O. The summed E-state index contributed by atoms with van der Waals surface area (Å²) in [5, 5.41) is 9.65. The van der Waals surface area contributed by atoms with Crippen LogP contribution >= 0.6 is 0 Å². The van der Waals surface area contributed by atoms with E-state index < -0.39 is 16.0 Å². The van der Waals surface area contributed by atoms with Crippen molar-refractivity contribution < 1.29 is 23.1 Å². The van der Waals surface area contributed by atoms with Crippen LogP contribution in [0.5, 0.6) is 5.75 Å². The molecule has 0 amide bonds. The lowest BCUT2D eigenvalue weighted by molar-refractivity contribution is 0.0597. The van der Waals surface area contributed by atoms with E-state index in [2.05, 4.69) is 4.74 Å². The summed E-state index contributed by atoms with van der Waals surface area (Å²) in [4.78, 5) is 11.5. The van der Waals surface area contributed by atoms with E-state index in [-0.39, 0.29) is 11.3 Å². The fourth-order valence-electron chi connectivity index (χ4n) is 1.92. The number of sulfonamides is 1. The van der Waals surface area contributed by atoms with Crippen LogP contribution in [-0.2, 0) is 14.8 Å². The zero-order valence-corrected chi connectivity index (χ0v) is 12.2. The van der Waals surface area contributed by atoms with Crippen molar-refractivity contribution in [1.29, 1.82) is 0 Å². The Kier molecular flexibility index (Phi) is 3.89. The summed E-state index contributed by atoms with van der Waals surface area (Å²) in [6.07, 6.45) is 3.14. The Bertz CT molecular complexity index is 622. The van der Waals surface area contributed by atoms with Crippen LogP contribution in [0.1, 0.15) is 23.2 Å². The van der Waals surface area contributed by atoms with Crippen LogP contribution in [-0.4, -0.2) is 39.4 Å². The van der Waals surface area contributed by atoms with Crippen molar-refractivity contribution in [1.82, 2.24) is 0 Å². The Morgan fingerprint density at radius 3 is 2.60 bits per heavy atom. The number of ether oxygens (including phenoxy) is 1. The first-order valence-electron chi connectivity index (χ1n) is 6.22. The van der Waals surface area contributed by atoms with E-state index in [0.717, 1.165) is 19.1 Å². The minimum atomic E-state index is -3.44. The lowest BCUT2D eigenvalue weighted by atomic mass is 10.1. The summed E-state index contributed by atoms with van der Waals surface area (Å²) in [5.41, 5.74) is 0.312. The van der Waals surface area contributed by atoms with Gasteiger partial charge in [-0.3, -0.25) is 4.31 Å². The van der Waals surface area contributed by atoms with Gasteiger partial charge in [0.1, 0.15) is 11.3 Å². The molecule has 0 aromatic heterocycles. The second kappa shape index (κ2) is 5.32. The van der Waals surface area contributed by atoms with Crippen molar-refractivity contribution in [3.63, 3.8) is 0 Å². The third kappa shape index (κ3) is 3.22. The second-order valence-electron chi connectivity index (χ2n) is 4.93. The number of hydrogen-bond donors (Lipinski definition) is 1. The monoisotopic (exact) mass is 299 g/mol. The number of phenolic OH excluding ortho intramolecular Hbond substituents is 1. The predicted molar refractivity (Wildman–Crippen MR) is 74.4 cm³/mol. The number of benzene rings is 1. The molecular weight excluding hydrogens is 282 g/mol. The molecule has 6 nitrogen and oxygen atoms in total. The van der Waals surface area contributed by atoms with Crippen LogP contribution in [0.2, 0.25) is 0 Å². The van der Waals surface area contributed by atoms with E-state index >= 15 is 0 Å². The van der Waals surface area contributed by atoms with E-state index in [4.69, 9.17) is 0 Å². The maximum absolute atomic E-state index is 11.9. The number of nitrogens with zero attached hydrogens (tertiary/aromatic N) is 1. The van der Waals surface area contributed by atoms with Gasteiger partial charge < -0.3 is 9.84 Å². The highest BCUT2D eigenvalue weighted by Gasteiger charge is 2.29. The first-order chi connectivity index (χ1) is 9.32. The third-order valence-electron chi connectivity index (χ3n) is 3.19. The number of methoxy groups -OCH3 is 1. The quantitative estimate of drug-likeness (QED) is 0.830. The number of anilines is 1. The molecule has 0 spiro atoms. The molecule has 1 N–H and O–H groups in total. The van der Waals surface area contributed by atoms with Crippen LogP contribution in [0.15, 0.2) is 18.2 Å². The number of carbonyl (C=O) groups is 1. The van der Waals surface area contributed by atoms with Gasteiger partial charge in [0.2, 0.25) is 10.0 Å². The molecular formula is C13H17NO5S. The molecule has 0 unspecified atom stereocenters. The van der Waals surface area contributed by atoms with Crippen molar-refractivity contribution in [3.8, 4) is 5.75 Å². The summed E-state index contributed by atoms with van der Waals surface area (Å²) in [6, 6.07) is 4.11. The molecule has 20 heavy (non-hydrogen) atoms. The molecule has 7 heteroatoms. The summed E-state index contributed by atoms with van der Waals surface area (Å²) >= 11 is 0. The molecule has 1 saturated carbocycles. The Morgan fingerprint density at radius 2 is 2.10 bits per heavy atom. The normalized spacial score (nSPS) is 14.9. The molecule has 1 aliphatic carbocycles. The summed E-state index contributed by atoms with van der Waals surface area (Å²) in [6.45, 7) is 0.393. The van der Waals surface area contributed by atoms with Gasteiger partial charge in [-0.1, -0.05) is 0 Å². The summed E-state index contributed by atoms with van der Waals surface area (Å²) < 4.78 is 29.6.